The van der Waals surface area contributed by atoms with Gasteiger partial charge in [-0.3, -0.25) is 0 Å². The molecule has 2 fully saturated rings. The molecule has 0 amide bonds. The Morgan fingerprint density at radius 3 is 2.73 bits per heavy atom. The fourth-order valence-electron chi connectivity index (χ4n) is 2.29. The van der Waals surface area contributed by atoms with Crippen molar-refractivity contribution >= 4 is 0 Å². The second kappa shape index (κ2) is 5.28. The molecule has 0 aromatic rings. The van der Waals surface area contributed by atoms with Crippen LogP contribution in [0.15, 0.2) is 0 Å². The Labute approximate surface area is 92.2 Å². The molecular weight excluding hydrogens is 190 g/mol. The molecule has 3 nitrogen and oxygen atoms in total. The minimum Gasteiger partial charge on any atom is -0.367 e. The minimum atomic E-state index is -0.605. The summed E-state index contributed by atoms with van der Waals surface area (Å²) in [6, 6.07) is 0.158. The molecule has 1 aliphatic heterocycles. The van der Waals surface area contributed by atoms with E-state index in [0.717, 1.165) is 18.9 Å². The molecule has 0 radical (unpaired) electrons. The number of ether oxygens (including phenoxy) is 1. The standard InChI is InChI=1S/C12H23NO2/c1-9(10-5-6-10)8-15-12(14)11-4-2-3-7-13-11/h9-14H,2-8H2,1H3/t9-,11-,12?/m0/s1. The van der Waals surface area contributed by atoms with Gasteiger partial charge in [-0.1, -0.05) is 13.3 Å². The van der Waals surface area contributed by atoms with Crippen LogP contribution in [0.1, 0.15) is 39.0 Å². The lowest BCUT2D eigenvalue weighted by Gasteiger charge is -2.28. The van der Waals surface area contributed by atoms with E-state index in [1.165, 1.54) is 25.7 Å². The van der Waals surface area contributed by atoms with Crippen LogP contribution in [0.4, 0.5) is 0 Å². The normalized spacial score (nSPS) is 31.2. The van der Waals surface area contributed by atoms with E-state index in [-0.39, 0.29) is 6.04 Å². The van der Waals surface area contributed by atoms with Gasteiger partial charge in [0, 0.05) is 0 Å². The lowest BCUT2D eigenvalue weighted by molar-refractivity contribution is -0.132. The van der Waals surface area contributed by atoms with Crippen molar-refractivity contribution in [2.45, 2.75) is 51.4 Å². The van der Waals surface area contributed by atoms with Crippen molar-refractivity contribution in [1.82, 2.24) is 5.32 Å². The van der Waals surface area contributed by atoms with Gasteiger partial charge < -0.3 is 15.2 Å². The lowest BCUT2D eigenvalue weighted by atomic mass is 10.0. The molecular formula is C12H23NO2. The van der Waals surface area contributed by atoms with E-state index in [1.807, 2.05) is 0 Å². The number of aliphatic hydroxyl groups excluding tert-OH is 1. The van der Waals surface area contributed by atoms with E-state index in [0.29, 0.717) is 12.5 Å². The first kappa shape index (κ1) is 11.4. The largest absolute Gasteiger partial charge is 0.367 e. The van der Waals surface area contributed by atoms with Crippen LogP contribution in [-0.2, 0) is 4.74 Å². The van der Waals surface area contributed by atoms with E-state index in [1.54, 1.807) is 0 Å². The average molecular weight is 213 g/mol. The molecule has 1 unspecified atom stereocenters. The van der Waals surface area contributed by atoms with Gasteiger partial charge in [-0.15, -0.1) is 0 Å². The van der Waals surface area contributed by atoms with Crippen LogP contribution in [0.2, 0.25) is 0 Å². The third-order valence-corrected chi connectivity index (χ3v) is 3.65. The SMILES string of the molecule is C[C@@H](COC(O)[C@@H]1CCCCN1)C1CC1. The summed E-state index contributed by atoms with van der Waals surface area (Å²) < 4.78 is 5.54. The molecule has 0 bridgehead atoms. The molecule has 1 saturated heterocycles. The van der Waals surface area contributed by atoms with Gasteiger partial charge in [-0.2, -0.15) is 0 Å². The Morgan fingerprint density at radius 2 is 2.13 bits per heavy atom. The average Bonchev–Trinajstić information content (AvgIpc) is 3.10. The summed E-state index contributed by atoms with van der Waals surface area (Å²) in [5.41, 5.74) is 0. The Kier molecular flexibility index (Phi) is 4.00. The number of hydrogen-bond acceptors (Lipinski definition) is 3. The molecule has 2 N–H and O–H groups in total. The van der Waals surface area contributed by atoms with Gasteiger partial charge in [0.15, 0.2) is 6.29 Å². The van der Waals surface area contributed by atoms with Gasteiger partial charge in [-0.05, 0) is 44.1 Å². The molecule has 0 aromatic carbocycles. The van der Waals surface area contributed by atoms with Crippen LogP contribution in [0.5, 0.6) is 0 Å². The third kappa shape index (κ3) is 3.44. The van der Waals surface area contributed by atoms with Crippen LogP contribution < -0.4 is 5.32 Å². The predicted molar refractivity (Wildman–Crippen MR) is 59.5 cm³/mol. The summed E-state index contributed by atoms with van der Waals surface area (Å²) in [5.74, 6) is 1.47. The number of aliphatic hydroxyl groups is 1. The zero-order valence-electron chi connectivity index (χ0n) is 9.61. The summed E-state index contributed by atoms with van der Waals surface area (Å²) in [6.45, 7) is 3.95. The number of rotatable bonds is 5. The van der Waals surface area contributed by atoms with Crippen molar-refractivity contribution in [1.29, 1.82) is 0 Å². The van der Waals surface area contributed by atoms with E-state index in [2.05, 4.69) is 12.2 Å². The van der Waals surface area contributed by atoms with Crippen molar-refractivity contribution in [3.05, 3.63) is 0 Å². The van der Waals surface area contributed by atoms with Crippen molar-refractivity contribution in [3.8, 4) is 0 Å². The smallest absolute Gasteiger partial charge is 0.169 e. The van der Waals surface area contributed by atoms with Gasteiger partial charge in [0.25, 0.3) is 0 Å². The quantitative estimate of drug-likeness (QED) is 0.680. The molecule has 0 aromatic heterocycles. The van der Waals surface area contributed by atoms with Crippen LogP contribution >= 0.6 is 0 Å². The molecule has 1 saturated carbocycles. The zero-order chi connectivity index (χ0) is 10.7. The molecule has 2 aliphatic rings. The number of piperidine rings is 1. The molecule has 2 rings (SSSR count). The van der Waals surface area contributed by atoms with Gasteiger partial charge in [0.1, 0.15) is 0 Å². The number of nitrogens with one attached hydrogen (secondary N) is 1. The van der Waals surface area contributed by atoms with Crippen LogP contribution in [0, 0.1) is 11.8 Å². The second-order valence-electron chi connectivity index (χ2n) is 5.10. The second-order valence-corrected chi connectivity index (χ2v) is 5.10. The molecule has 3 heteroatoms. The summed E-state index contributed by atoms with van der Waals surface area (Å²) in [4.78, 5) is 0. The third-order valence-electron chi connectivity index (χ3n) is 3.65. The lowest BCUT2D eigenvalue weighted by Crippen LogP contribution is -2.44. The van der Waals surface area contributed by atoms with Gasteiger partial charge in [0.05, 0.1) is 12.6 Å². The molecule has 1 heterocycles. The molecule has 1 aliphatic carbocycles. The maximum Gasteiger partial charge on any atom is 0.169 e. The summed E-state index contributed by atoms with van der Waals surface area (Å²) in [7, 11) is 0. The summed E-state index contributed by atoms with van der Waals surface area (Å²) in [6.07, 6.45) is 5.56. The fourth-order valence-corrected chi connectivity index (χ4v) is 2.29. The van der Waals surface area contributed by atoms with E-state index in [9.17, 15) is 5.11 Å². The van der Waals surface area contributed by atoms with Crippen LogP contribution in [0.25, 0.3) is 0 Å². The first-order valence-electron chi connectivity index (χ1n) is 6.30. The van der Waals surface area contributed by atoms with Crippen molar-refractivity contribution in [2.24, 2.45) is 11.8 Å². The topological polar surface area (TPSA) is 41.5 Å². The number of hydrogen-bond donors (Lipinski definition) is 2. The predicted octanol–water partition coefficient (Wildman–Crippen LogP) is 1.51. The maximum atomic E-state index is 9.84. The molecule has 88 valence electrons. The van der Waals surface area contributed by atoms with E-state index in [4.69, 9.17) is 4.74 Å². The highest BCUT2D eigenvalue weighted by Gasteiger charge is 2.29. The summed E-state index contributed by atoms with van der Waals surface area (Å²) in [5, 5.41) is 13.2. The highest BCUT2D eigenvalue weighted by atomic mass is 16.6. The van der Waals surface area contributed by atoms with E-state index < -0.39 is 6.29 Å². The zero-order valence-corrected chi connectivity index (χ0v) is 9.61. The van der Waals surface area contributed by atoms with Crippen molar-refractivity contribution in [3.63, 3.8) is 0 Å². The van der Waals surface area contributed by atoms with Gasteiger partial charge in [-0.25, -0.2) is 0 Å². The Balaban J connectivity index is 1.64. The van der Waals surface area contributed by atoms with Gasteiger partial charge >= 0.3 is 0 Å². The summed E-state index contributed by atoms with van der Waals surface area (Å²) >= 11 is 0. The maximum absolute atomic E-state index is 9.84. The monoisotopic (exact) mass is 213 g/mol. The highest BCUT2D eigenvalue weighted by Crippen LogP contribution is 2.36. The van der Waals surface area contributed by atoms with Crippen molar-refractivity contribution in [2.75, 3.05) is 13.2 Å². The van der Waals surface area contributed by atoms with E-state index >= 15 is 0 Å². The Morgan fingerprint density at radius 1 is 1.33 bits per heavy atom. The van der Waals surface area contributed by atoms with Crippen LogP contribution in [0.3, 0.4) is 0 Å². The van der Waals surface area contributed by atoms with Crippen LogP contribution in [-0.4, -0.2) is 30.6 Å². The minimum absolute atomic E-state index is 0.158. The first-order chi connectivity index (χ1) is 7.27. The molecule has 0 spiro atoms. The first-order valence-corrected chi connectivity index (χ1v) is 6.30. The molecule has 3 atom stereocenters. The van der Waals surface area contributed by atoms with Gasteiger partial charge in [0.2, 0.25) is 0 Å². The highest BCUT2D eigenvalue weighted by molar-refractivity contribution is 4.79. The Hall–Kier alpha value is -0.120. The Bertz CT molecular complexity index is 188. The fraction of sp³-hybridized carbons (Fsp3) is 1.00. The van der Waals surface area contributed by atoms with Crippen molar-refractivity contribution < 1.29 is 9.84 Å². The molecule has 15 heavy (non-hydrogen) atoms.